The molecule has 0 radical (unpaired) electrons. The lowest BCUT2D eigenvalue weighted by atomic mass is 10.1. The average molecular weight is 305 g/mol. The Balaban J connectivity index is 1.83. The Kier molecular flexibility index (Phi) is 3.21. The van der Waals surface area contributed by atoms with Crippen LogP contribution in [0, 0.1) is 0 Å². The summed E-state index contributed by atoms with van der Waals surface area (Å²) in [4.78, 5) is 0. The summed E-state index contributed by atoms with van der Waals surface area (Å²) in [6, 6.07) is 22.1. The van der Waals surface area contributed by atoms with E-state index in [9.17, 15) is 0 Å². The third kappa shape index (κ3) is 2.30. The zero-order valence-electron chi connectivity index (χ0n) is 11.8. The van der Waals surface area contributed by atoms with Gasteiger partial charge in [0.25, 0.3) is 0 Å². The molecule has 22 heavy (non-hydrogen) atoms. The smallest absolute Gasteiger partial charge is 0.142 e. The fourth-order valence-electron chi connectivity index (χ4n) is 2.66. The van der Waals surface area contributed by atoms with E-state index >= 15 is 0 Å². The minimum atomic E-state index is 0.747. The molecule has 0 saturated heterocycles. The Bertz CT molecular complexity index is 978. The Morgan fingerprint density at radius 2 is 1.50 bits per heavy atom. The number of fused-ring (bicyclic) bond motifs is 3. The molecule has 1 heterocycles. The van der Waals surface area contributed by atoms with Crippen LogP contribution >= 0.6 is 11.6 Å². The minimum absolute atomic E-state index is 0.747. The van der Waals surface area contributed by atoms with Crippen LogP contribution in [0.2, 0.25) is 5.02 Å². The first-order valence-corrected chi connectivity index (χ1v) is 7.53. The highest BCUT2D eigenvalue weighted by Crippen LogP contribution is 2.31. The molecule has 4 rings (SSSR count). The SMILES string of the molecule is Clc1ccc(/C=C/c2cccc3c2oc2ccccc23)cc1. The number of hydrogen-bond donors (Lipinski definition) is 0. The molecule has 0 N–H and O–H groups in total. The maximum atomic E-state index is 6.02. The van der Waals surface area contributed by atoms with Crippen molar-refractivity contribution < 1.29 is 4.42 Å². The molecule has 0 aliphatic carbocycles. The summed E-state index contributed by atoms with van der Waals surface area (Å²) in [5.41, 5.74) is 4.03. The van der Waals surface area contributed by atoms with Gasteiger partial charge in [0.2, 0.25) is 0 Å². The number of halogens is 1. The Morgan fingerprint density at radius 1 is 0.727 bits per heavy atom. The number of hydrogen-bond acceptors (Lipinski definition) is 1. The van der Waals surface area contributed by atoms with Gasteiger partial charge < -0.3 is 4.42 Å². The fraction of sp³-hybridized carbons (Fsp3) is 0. The first kappa shape index (κ1) is 13.2. The van der Waals surface area contributed by atoms with E-state index in [1.807, 2.05) is 42.5 Å². The average Bonchev–Trinajstić information content (AvgIpc) is 2.94. The Morgan fingerprint density at radius 3 is 2.36 bits per heavy atom. The van der Waals surface area contributed by atoms with E-state index in [4.69, 9.17) is 16.0 Å². The highest BCUT2D eigenvalue weighted by Gasteiger charge is 2.08. The van der Waals surface area contributed by atoms with Crippen LogP contribution in [0.25, 0.3) is 34.1 Å². The van der Waals surface area contributed by atoms with E-state index in [0.29, 0.717) is 0 Å². The molecule has 0 unspecified atom stereocenters. The van der Waals surface area contributed by atoms with Crippen molar-refractivity contribution in [3.63, 3.8) is 0 Å². The molecule has 106 valence electrons. The van der Waals surface area contributed by atoms with Crippen molar-refractivity contribution in [2.24, 2.45) is 0 Å². The standard InChI is InChI=1S/C20H13ClO/c21-16-12-9-14(10-13-16)8-11-15-4-3-6-18-17-5-1-2-7-19(17)22-20(15)18/h1-13H/b11-8+. The topological polar surface area (TPSA) is 13.1 Å². The Labute approximate surface area is 133 Å². The molecule has 0 bridgehead atoms. The molecular formula is C20H13ClO. The van der Waals surface area contributed by atoms with E-state index in [1.54, 1.807) is 0 Å². The van der Waals surface area contributed by atoms with Crippen molar-refractivity contribution in [2.75, 3.05) is 0 Å². The second-order valence-corrected chi connectivity index (χ2v) is 5.64. The van der Waals surface area contributed by atoms with E-state index < -0.39 is 0 Å². The van der Waals surface area contributed by atoms with Crippen LogP contribution in [-0.4, -0.2) is 0 Å². The molecule has 4 aromatic rings. The predicted molar refractivity (Wildman–Crippen MR) is 94.1 cm³/mol. The molecule has 0 aliphatic heterocycles. The maximum absolute atomic E-state index is 6.02. The molecule has 0 amide bonds. The molecule has 0 fully saturated rings. The van der Waals surface area contributed by atoms with Crippen molar-refractivity contribution in [1.29, 1.82) is 0 Å². The molecule has 0 saturated carbocycles. The lowest BCUT2D eigenvalue weighted by Gasteiger charge is -1.97. The van der Waals surface area contributed by atoms with Gasteiger partial charge in [-0.25, -0.2) is 0 Å². The molecular weight excluding hydrogens is 292 g/mol. The van der Waals surface area contributed by atoms with Crippen molar-refractivity contribution in [3.05, 3.63) is 82.9 Å². The van der Waals surface area contributed by atoms with Crippen LogP contribution < -0.4 is 0 Å². The van der Waals surface area contributed by atoms with Gasteiger partial charge in [-0.2, -0.15) is 0 Å². The first-order chi connectivity index (χ1) is 10.8. The number of benzene rings is 3. The Hall–Kier alpha value is -2.51. The normalized spacial score (nSPS) is 11.7. The summed E-state index contributed by atoms with van der Waals surface area (Å²) >= 11 is 5.91. The van der Waals surface area contributed by atoms with E-state index in [-0.39, 0.29) is 0 Å². The fourth-order valence-corrected chi connectivity index (χ4v) is 2.79. The second kappa shape index (κ2) is 5.36. The van der Waals surface area contributed by atoms with Crippen LogP contribution in [0.4, 0.5) is 0 Å². The molecule has 2 heteroatoms. The lowest BCUT2D eigenvalue weighted by Crippen LogP contribution is -1.74. The van der Waals surface area contributed by atoms with Crippen LogP contribution in [0.3, 0.4) is 0 Å². The molecule has 1 nitrogen and oxygen atoms in total. The van der Waals surface area contributed by atoms with Crippen LogP contribution in [0.1, 0.15) is 11.1 Å². The minimum Gasteiger partial charge on any atom is -0.455 e. The molecule has 1 aromatic heterocycles. The lowest BCUT2D eigenvalue weighted by molar-refractivity contribution is 0.668. The highest BCUT2D eigenvalue weighted by molar-refractivity contribution is 6.30. The highest BCUT2D eigenvalue weighted by atomic mass is 35.5. The van der Waals surface area contributed by atoms with Gasteiger partial charge in [0.15, 0.2) is 0 Å². The van der Waals surface area contributed by atoms with E-state index in [1.165, 1.54) is 0 Å². The van der Waals surface area contributed by atoms with Crippen LogP contribution in [0.15, 0.2) is 71.1 Å². The third-order valence-electron chi connectivity index (χ3n) is 3.76. The maximum Gasteiger partial charge on any atom is 0.142 e. The quantitative estimate of drug-likeness (QED) is 0.390. The van der Waals surface area contributed by atoms with E-state index in [2.05, 4.69) is 36.4 Å². The molecule has 0 atom stereocenters. The summed E-state index contributed by atoms with van der Waals surface area (Å²) in [5, 5.41) is 3.05. The van der Waals surface area contributed by atoms with E-state index in [0.717, 1.165) is 38.1 Å². The summed E-state index contributed by atoms with van der Waals surface area (Å²) < 4.78 is 6.02. The van der Waals surface area contributed by atoms with Gasteiger partial charge in [-0.05, 0) is 23.8 Å². The van der Waals surface area contributed by atoms with Crippen molar-refractivity contribution in [3.8, 4) is 0 Å². The van der Waals surface area contributed by atoms with Gasteiger partial charge in [0.05, 0.1) is 0 Å². The molecule has 3 aromatic carbocycles. The molecule has 0 aliphatic rings. The van der Waals surface area contributed by atoms with Gasteiger partial charge in [-0.3, -0.25) is 0 Å². The molecule has 0 spiro atoms. The monoisotopic (exact) mass is 304 g/mol. The zero-order chi connectivity index (χ0) is 14.9. The third-order valence-corrected chi connectivity index (χ3v) is 4.01. The van der Waals surface area contributed by atoms with Gasteiger partial charge in [0, 0.05) is 21.4 Å². The predicted octanol–water partition coefficient (Wildman–Crippen LogP) is 6.41. The van der Waals surface area contributed by atoms with Crippen LogP contribution in [-0.2, 0) is 0 Å². The first-order valence-electron chi connectivity index (χ1n) is 7.15. The van der Waals surface area contributed by atoms with Crippen molar-refractivity contribution >= 4 is 45.7 Å². The number of para-hydroxylation sites is 2. The summed E-state index contributed by atoms with van der Waals surface area (Å²) in [6.07, 6.45) is 4.15. The van der Waals surface area contributed by atoms with Gasteiger partial charge >= 0.3 is 0 Å². The summed E-state index contributed by atoms with van der Waals surface area (Å²) in [6.45, 7) is 0. The summed E-state index contributed by atoms with van der Waals surface area (Å²) in [7, 11) is 0. The largest absolute Gasteiger partial charge is 0.455 e. The zero-order valence-corrected chi connectivity index (χ0v) is 12.5. The van der Waals surface area contributed by atoms with Gasteiger partial charge in [-0.15, -0.1) is 0 Å². The van der Waals surface area contributed by atoms with Gasteiger partial charge in [-0.1, -0.05) is 72.3 Å². The van der Waals surface area contributed by atoms with Crippen LogP contribution in [0.5, 0.6) is 0 Å². The van der Waals surface area contributed by atoms with Gasteiger partial charge in [0.1, 0.15) is 11.2 Å². The number of furan rings is 1. The second-order valence-electron chi connectivity index (χ2n) is 5.21. The van der Waals surface area contributed by atoms with Crippen molar-refractivity contribution in [2.45, 2.75) is 0 Å². The number of rotatable bonds is 2. The van der Waals surface area contributed by atoms with Crippen molar-refractivity contribution in [1.82, 2.24) is 0 Å². The summed E-state index contributed by atoms with van der Waals surface area (Å²) in [5.74, 6) is 0.